The minimum Gasteiger partial charge on any atom is -0.508 e. The molecule has 0 aromatic heterocycles. The van der Waals surface area contributed by atoms with E-state index in [1.165, 1.54) is 23.3 Å². The van der Waals surface area contributed by atoms with Crippen molar-refractivity contribution < 1.29 is 19.7 Å². The predicted molar refractivity (Wildman–Crippen MR) is 114 cm³/mol. The van der Waals surface area contributed by atoms with Gasteiger partial charge in [0.05, 0.1) is 11.8 Å². The van der Waals surface area contributed by atoms with Crippen molar-refractivity contribution in [2.24, 2.45) is 0 Å². The van der Waals surface area contributed by atoms with E-state index in [4.69, 9.17) is 4.74 Å². The molecule has 6 heteroatoms. The number of phenolic OH excluding ortho intramolecular Hbond substituents is 1. The zero-order valence-electron chi connectivity index (χ0n) is 17.5. The third-order valence-corrected chi connectivity index (χ3v) is 5.15. The molecule has 1 heterocycles. The Morgan fingerprint density at radius 2 is 1.90 bits per heavy atom. The van der Waals surface area contributed by atoms with Crippen molar-refractivity contribution in [1.82, 2.24) is 5.32 Å². The van der Waals surface area contributed by atoms with E-state index >= 15 is 0 Å². The van der Waals surface area contributed by atoms with E-state index in [1.54, 1.807) is 0 Å². The van der Waals surface area contributed by atoms with Crippen LogP contribution in [0.3, 0.4) is 0 Å². The first-order chi connectivity index (χ1) is 13.6. The van der Waals surface area contributed by atoms with Crippen LogP contribution in [0.5, 0.6) is 11.5 Å². The maximum atomic E-state index is 11.5. The second-order valence-electron chi connectivity index (χ2n) is 8.60. The maximum Gasteiger partial charge on any atom is 0.262 e. The number of aliphatic hydroxyl groups is 1. The molecule has 156 valence electrons. The lowest BCUT2D eigenvalue weighted by atomic mass is 9.92. The Bertz CT molecular complexity index is 875. The summed E-state index contributed by atoms with van der Waals surface area (Å²) in [6.07, 6.45) is -0.0866. The molecule has 1 amide bonds. The molecule has 1 unspecified atom stereocenters. The van der Waals surface area contributed by atoms with Crippen molar-refractivity contribution in [3.8, 4) is 11.5 Å². The molecule has 1 aliphatic rings. The highest BCUT2D eigenvalue weighted by atomic mass is 16.5. The Labute approximate surface area is 171 Å². The van der Waals surface area contributed by atoms with Crippen LogP contribution in [0.1, 0.15) is 56.4 Å². The Hall–Kier alpha value is -2.57. The molecular weight excluding hydrogens is 368 g/mol. The molecule has 1 atom stereocenters. The fraction of sp³-hybridized carbons (Fsp3) is 0.435. The number of carbonyl (C=O) groups is 1. The van der Waals surface area contributed by atoms with Crippen molar-refractivity contribution in [2.75, 3.05) is 18.5 Å². The third-order valence-electron chi connectivity index (χ3n) is 5.15. The molecular formula is C23H30N2O4. The highest BCUT2D eigenvalue weighted by Gasteiger charge is 2.26. The first kappa shape index (κ1) is 21.1. The summed E-state index contributed by atoms with van der Waals surface area (Å²) < 4.78 is 5.49. The summed E-state index contributed by atoms with van der Waals surface area (Å²) in [7, 11) is 0. The van der Waals surface area contributed by atoms with Crippen LogP contribution in [-0.4, -0.2) is 34.8 Å². The first-order valence-electron chi connectivity index (χ1n) is 9.96. The van der Waals surface area contributed by atoms with E-state index in [2.05, 4.69) is 62.6 Å². The summed E-state index contributed by atoms with van der Waals surface area (Å²) in [6, 6.07) is 11.5. The number of β-amino-alcohol motifs (C(OH)–C–C–N with tert-alkyl or cyclic N) is 1. The van der Waals surface area contributed by atoms with E-state index < -0.39 is 6.10 Å². The van der Waals surface area contributed by atoms with E-state index in [9.17, 15) is 15.0 Å². The molecule has 1 aliphatic heterocycles. The van der Waals surface area contributed by atoms with Crippen LogP contribution in [0.2, 0.25) is 0 Å². The maximum absolute atomic E-state index is 11.5. The van der Waals surface area contributed by atoms with Gasteiger partial charge in [-0.3, -0.25) is 4.79 Å². The van der Waals surface area contributed by atoms with Crippen molar-refractivity contribution >= 4 is 11.6 Å². The number of hydrogen-bond acceptors (Lipinski definition) is 5. The number of aliphatic hydroxyl groups excluding tert-OH is 1. The average molecular weight is 399 g/mol. The molecule has 0 fully saturated rings. The lowest BCUT2D eigenvalue weighted by molar-refractivity contribution is -0.118. The van der Waals surface area contributed by atoms with Gasteiger partial charge in [-0.25, -0.2) is 0 Å². The number of rotatable bonds is 7. The Kier molecular flexibility index (Phi) is 6.15. The van der Waals surface area contributed by atoms with E-state index in [0.717, 1.165) is 6.42 Å². The fourth-order valence-electron chi connectivity index (χ4n) is 3.54. The van der Waals surface area contributed by atoms with Crippen LogP contribution in [-0.2, 0) is 11.2 Å². The smallest absolute Gasteiger partial charge is 0.262 e. The molecule has 3 rings (SSSR count). The van der Waals surface area contributed by atoms with Gasteiger partial charge in [-0.15, -0.1) is 0 Å². The van der Waals surface area contributed by atoms with E-state index in [-0.39, 0.29) is 30.3 Å². The van der Waals surface area contributed by atoms with Crippen molar-refractivity contribution in [1.29, 1.82) is 0 Å². The van der Waals surface area contributed by atoms with E-state index in [0.29, 0.717) is 22.9 Å². The molecule has 4 N–H and O–H groups in total. The summed E-state index contributed by atoms with van der Waals surface area (Å²) in [5.74, 6) is 0.587. The van der Waals surface area contributed by atoms with Crippen LogP contribution in [0.15, 0.2) is 36.4 Å². The highest BCUT2D eigenvalue weighted by molar-refractivity contribution is 5.96. The third kappa shape index (κ3) is 5.28. The van der Waals surface area contributed by atoms with Crippen molar-refractivity contribution in [3.63, 3.8) is 0 Å². The lowest BCUT2D eigenvalue weighted by Gasteiger charge is -2.29. The van der Waals surface area contributed by atoms with Crippen LogP contribution < -0.4 is 15.4 Å². The molecule has 0 saturated carbocycles. The molecule has 0 bridgehead atoms. The summed E-state index contributed by atoms with van der Waals surface area (Å²) >= 11 is 0. The van der Waals surface area contributed by atoms with Crippen molar-refractivity contribution in [2.45, 2.75) is 51.7 Å². The minimum absolute atomic E-state index is 0.0342. The van der Waals surface area contributed by atoms with Crippen LogP contribution in [0.25, 0.3) is 0 Å². The van der Waals surface area contributed by atoms with Gasteiger partial charge in [-0.1, -0.05) is 38.1 Å². The summed E-state index contributed by atoms with van der Waals surface area (Å²) in [5.41, 5.74) is 3.12. The number of benzene rings is 2. The summed E-state index contributed by atoms with van der Waals surface area (Å²) in [6.45, 7) is 8.71. The number of anilines is 1. The number of carbonyl (C=O) groups excluding carboxylic acids is 1. The predicted octanol–water partition coefficient (Wildman–Crippen LogP) is 3.49. The van der Waals surface area contributed by atoms with Gasteiger partial charge in [-0.05, 0) is 43.4 Å². The van der Waals surface area contributed by atoms with Gasteiger partial charge in [-0.2, -0.15) is 0 Å². The molecule has 0 radical (unpaired) electrons. The van der Waals surface area contributed by atoms with E-state index in [1.807, 2.05) is 0 Å². The monoisotopic (exact) mass is 398 g/mol. The summed E-state index contributed by atoms with van der Waals surface area (Å²) in [5, 5.41) is 26.7. The van der Waals surface area contributed by atoms with Gasteiger partial charge >= 0.3 is 0 Å². The molecule has 29 heavy (non-hydrogen) atoms. The van der Waals surface area contributed by atoms with Gasteiger partial charge in [0.25, 0.3) is 5.91 Å². The standard InChI is InChI=1S/C23H30N2O4/c1-14(2)16-7-5-15(6-8-16)11-23(3,4)24-12-20(27)18-9-17(26)10-19-22(18)29-13-21(28)25-19/h5-10,14,20,24,26-27H,11-13H2,1-4H3,(H,25,28). The topological polar surface area (TPSA) is 90.8 Å². The van der Waals surface area contributed by atoms with Crippen molar-refractivity contribution in [3.05, 3.63) is 53.1 Å². The largest absolute Gasteiger partial charge is 0.508 e. The molecule has 0 spiro atoms. The number of aromatic hydroxyl groups is 1. The quantitative estimate of drug-likeness (QED) is 0.573. The van der Waals surface area contributed by atoms with Gasteiger partial charge in [0, 0.05) is 23.7 Å². The molecule has 6 nitrogen and oxygen atoms in total. The number of amides is 1. The minimum atomic E-state index is -0.895. The Balaban J connectivity index is 1.66. The lowest BCUT2D eigenvalue weighted by Crippen LogP contribution is -2.43. The van der Waals surface area contributed by atoms with Gasteiger partial charge < -0.3 is 25.6 Å². The average Bonchev–Trinajstić information content (AvgIpc) is 2.65. The number of phenols is 1. The molecule has 2 aromatic carbocycles. The molecule has 2 aromatic rings. The zero-order valence-corrected chi connectivity index (χ0v) is 17.5. The van der Waals surface area contributed by atoms with Gasteiger partial charge in [0.15, 0.2) is 6.61 Å². The zero-order chi connectivity index (χ0) is 21.2. The number of ether oxygens (including phenoxy) is 1. The normalized spacial score (nSPS) is 14.9. The first-order valence-corrected chi connectivity index (χ1v) is 9.96. The van der Waals surface area contributed by atoms with Gasteiger partial charge in [0.1, 0.15) is 11.5 Å². The SMILES string of the molecule is CC(C)c1ccc(CC(C)(C)NCC(O)c2cc(O)cc3c2OCC(=O)N3)cc1. The van der Waals surface area contributed by atoms with Crippen LogP contribution in [0, 0.1) is 0 Å². The number of nitrogens with one attached hydrogen (secondary N) is 2. The second-order valence-corrected chi connectivity index (χ2v) is 8.60. The fourth-order valence-corrected chi connectivity index (χ4v) is 3.54. The van der Waals surface area contributed by atoms with Gasteiger partial charge in [0.2, 0.25) is 0 Å². The number of fused-ring (bicyclic) bond motifs is 1. The Morgan fingerprint density at radius 1 is 1.21 bits per heavy atom. The molecule has 0 aliphatic carbocycles. The second kappa shape index (κ2) is 8.43. The van der Waals surface area contributed by atoms with Crippen LogP contribution >= 0.6 is 0 Å². The van der Waals surface area contributed by atoms with Crippen LogP contribution in [0.4, 0.5) is 5.69 Å². The summed E-state index contributed by atoms with van der Waals surface area (Å²) in [4.78, 5) is 11.5. The molecule has 0 saturated heterocycles. The Morgan fingerprint density at radius 3 is 2.55 bits per heavy atom. The highest BCUT2D eigenvalue weighted by Crippen LogP contribution is 2.38. The number of hydrogen-bond donors (Lipinski definition) is 4.